The van der Waals surface area contributed by atoms with Gasteiger partial charge >= 0.3 is 0 Å². The fraction of sp³-hybridized carbons (Fsp3) is 0.333. The Labute approximate surface area is 83.4 Å². The average Bonchev–Trinajstić information content (AvgIpc) is 2.59. The minimum atomic E-state index is -0.536. The summed E-state index contributed by atoms with van der Waals surface area (Å²) in [6, 6.07) is 12.4. The molecular formula is C12H10N2. The summed E-state index contributed by atoms with van der Waals surface area (Å²) in [4.78, 5) is 0. The number of aryl methyl sites for hydroxylation is 1. The summed E-state index contributed by atoms with van der Waals surface area (Å²) in [5, 5.41) is 17.9. The molecule has 0 aromatic heterocycles. The average molecular weight is 182 g/mol. The number of nitriles is 2. The topological polar surface area (TPSA) is 47.6 Å². The van der Waals surface area contributed by atoms with Gasteiger partial charge in [-0.25, -0.2) is 0 Å². The molecule has 68 valence electrons. The van der Waals surface area contributed by atoms with Crippen molar-refractivity contribution in [1.82, 2.24) is 0 Å². The standard InChI is InChI=1S/C12H10N2/c13-8-7-12(9-14)6-5-10-3-1-2-4-11(10)12/h1-4H,5-7H2/t12-/m0/s1. The van der Waals surface area contributed by atoms with Crippen molar-refractivity contribution in [3.63, 3.8) is 0 Å². The molecule has 0 spiro atoms. The van der Waals surface area contributed by atoms with E-state index in [0.717, 1.165) is 18.4 Å². The smallest absolute Gasteiger partial charge is 0.0957 e. The van der Waals surface area contributed by atoms with Gasteiger partial charge in [0.2, 0.25) is 0 Å². The largest absolute Gasteiger partial charge is 0.198 e. The summed E-state index contributed by atoms with van der Waals surface area (Å²) in [5.41, 5.74) is 1.75. The predicted octanol–water partition coefficient (Wildman–Crippen LogP) is 2.31. The molecule has 0 radical (unpaired) electrons. The van der Waals surface area contributed by atoms with Crippen molar-refractivity contribution in [2.75, 3.05) is 0 Å². The summed E-state index contributed by atoms with van der Waals surface area (Å²) in [6.07, 6.45) is 2.02. The molecule has 0 N–H and O–H groups in total. The quantitative estimate of drug-likeness (QED) is 0.669. The third kappa shape index (κ3) is 1.09. The molecule has 2 rings (SSSR count). The van der Waals surface area contributed by atoms with E-state index in [2.05, 4.69) is 12.1 Å². The fourth-order valence-corrected chi connectivity index (χ4v) is 2.16. The summed E-state index contributed by atoms with van der Waals surface area (Å²) in [5.74, 6) is 0. The molecule has 0 amide bonds. The van der Waals surface area contributed by atoms with Crippen molar-refractivity contribution >= 4 is 0 Å². The molecule has 1 aromatic rings. The first-order valence-corrected chi connectivity index (χ1v) is 4.69. The SMILES string of the molecule is N#CC[C@]1(C#N)CCc2ccccc21. The number of rotatable bonds is 1. The maximum atomic E-state index is 9.19. The van der Waals surface area contributed by atoms with Crippen LogP contribution in [-0.4, -0.2) is 0 Å². The van der Waals surface area contributed by atoms with Crippen LogP contribution in [-0.2, 0) is 11.8 Å². The molecule has 1 aromatic carbocycles. The Bertz CT molecular complexity index is 436. The highest BCUT2D eigenvalue weighted by atomic mass is 14.4. The Kier molecular flexibility index (Phi) is 1.98. The minimum Gasteiger partial charge on any atom is -0.198 e. The molecule has 1 aliphatic rings. The second kappa shape index (κ2) is 3.16. The van der Waals surface area contributed by atoms with Crippen molar-refractivity contribution in [3.8, 4) is 12.1 Å². The fourth-order valence-electron chi connectivity index (χ4n) is 2.16. The van der Waals surface area contributed by atoms with E-state index in [0.29, 0.717) is 6.42 Å². The Morgan fingerprint density at radius 1 is 1.29 bits per heavy atom. The van der Waals surface area contributed by atoms with Gasteiger partial charge in [-0.15, -0.1) is 0 Å². The summed E-state index contributed by atoms with van der Waals surface area (Å²) < 4.78 is 0. The van der Waals surface area contributed by atoms with Crippen LogP contribution >= 0.6 is 0 Å². The van der Waals surface area contributed by atoms with Crippen LogP contribution in [0, 0.1) is 22.7 Å². The second-order valence-corrected chi connectivity index (χ2v) is 3.69. The van der Waals surface area contributed by atoms with E-state index >= 15 is 0 Å². The van der Waals surface area contributed by atoms with Crippen LogP contribution < -0.4 is 0 Å². The van der Waals surface area contributed by atoms with Crippen LogP contribution in [0.4, 0.5) is 0 Å². The lowest BCUT2D eigenvalue weighted by Crippen LogP contribution is -2.19. The lowest BCUT2D eigenvalue weighted by molar-refractivity contribution is 0.558. The van der Waals surface area contributed by atoms with E-state index in [1.165, 1.54) is 5.56 Å². The van der Waals surface area contributed by atoms with Gasteiger partial charge in [0.25, 0.3) is 0 Å². The van der Waals surface area contributed by atoms with Gasteiger partial charge in [0.1, 0.15) is 0 Å². The van der Waals surface area contributed by atoms with E-state index in [9.17, 15) is 5.26 Å². The summed E-state index contributed by atoms with van der Waals surface area (Å²) in [7, 11) is 0. The van der Waals surface area contributed by atoms with Crippen LogP contribution in [0.25, 0.3) is 0 Å². The van der Waals surface area contributed by atoms with Crippen LogP contribution in [0.3, 0.4) is 0 Å². The van der Waals surface area contributed by atoms with Crippen molar-refractivity contribution < 1.29 is 0 Å². The molecule has 1 atom stereocenters. The summed E-state index contributed by atoms with van der Waals surface area (Å²) in [6.45, 7) is 0. The van der Waals surface area contributed by atoms with E-state index < -0.39 is 5.41 Å². The van der Waals surface area contributed by atoms with Crippen LogP contribution in [0.5, 0.6) is 0 Å². The van der Waals surface area contributed by atoms with Gasteiger partial charge in [-0.3, -0.25) is 0 Å². The van der Waals surface area contributed by atoms with Gasteiger partial charge in [-0.1, -0.05) is 24.3 Å². The Morgan fingerprint density at radius 2 is 2.07 bits per heavy atom. The monoisotopic (exact) mass is 182 g/mol. The molecule has 14 heavy (non-hydrogen) atoms. The molecule has 0 saturated carbocycles. The van der Waals surface area contributed by atoms with Crippen LogP contribution in [0.1, 0.15) is 24.0 Å². The molecule has 1 aliphatic carbocycles. The zero-order valence-electron chi connectivity index (χ0n) is 7.83. The number of hydrogen-bond donors (Lipinski definition) is 0. The van der Waals surface area contributed by atoms with Gasteiger partial charge < -0.3 is 0 Å². The number of benzene rings is 1. The molecular weight excluding hydrogens is 172 g/mol. The maximum absolute atomic E-state index is 9.19. The maximum Gasteiger partial charge on any atom is 0.0957 e. The lowest BCUT2D eigenvalue weighted by Gasteiger charge is -2.17. The van der Waals surface area contributed by atoms with Crippen molar-refractivity contribution in [1.29, 1.82) is 10.5 Å². The second-order valence-electron chi connectivity index (χ2n) is 3.69. The first-order chi connectivity index (χ1) is 6.82. The van der Waals surface area contributed by atoms with Gasteiger partial charge in [0.15, 0.2) is 0 Å². The van der Waals surface area contributed by atoms with Gasteiger partial charge in [-0.2, -0.15) is 10.5 Å². The molecule has 0 unspecified atom stereocenters. The summed E-state index contributed by atoms with van der Waals surface area (Å²) >= 11 is 0. The van der Waals surface area contributed by atoms with Crippen molar-refractivity contribution in [2.24, 2.45) is 0 Å². The van der Waals surface area contributed by atoms with Crippen molar-refractivity contribution in [2.45, 2.75) is 24.7 Å². The van der Waals surface area contributed by atoms with E-state index in [1.54, 1.807) is 0 Å². The Hall–Kier alpha value is -1.80. The normalized spacial score (nSPS) is 23.6. The Morgan fingerprint density at radius 3 is 2.79 bits per heavy atom. The highest BCUT2D eigenvalue weighted by Crippen LogP contribution is 2.40. The molecule has 2 nitrogen and oxygen atoms in total. The van der Waals surface area contributed by atoms with E-state index in [-0.39, 0.29) is 0 Å². The molecule has 0 heterocycles. The molecule has 0 saturated heterocycles. The third-order valence-electron chi connectivity index (χ3n) is 2.95. The van der Waals surface area contributed by atoms with Gasteiger partial charge in [0.05, 0.1) is 24.0 Å². The zero-order chi connectivity index (χ0) is 10.0. The highest BCUT2D eigenvalue weighted by Gasteiger charge is 2.38. The van der Waals surface area contributed by atoms with Gasteiger partial charge in [-0.05, 0) is 24.0 Å². The number of nitrogens with zero attached hydrogens (tertiary/aromatic N) is 2. The minimum absolute atomic E-state index is 0.306. The molecule has 0 fully saturated rings. The zero-order valence-corrected chi connectivity index (χ0v) is 7.83. The van der Waals surface area contributed by atoms with Crippen molar-refractivity contribution in [3.05, 3.63) is 35.4 Å². The highest BCUT2D eigenvalue weighted by molar-refractivity contribution is 5.44. The number of hydrogen-bond acceptors (Lipinski definition) is 2. The van der Waals surface area contributed by atoms with E-state index in [1.807, 2.05) is 24.3 Å². The number of fused-ring (bicyclic) bond motifs is 1. The molecule has 0 bridgehead atoms. The van der Waals surface area contributed by atoms with Crippen LogP contribution in [0.15, 0.2) is 24.3 Å². The van der Waals surface area contributed by atoms with Gasteiger partial charge in [0, 0.05) is 0 Å². The first-order valence-electron chi connectivity index (χ1n) is 4.69. The first kappa shape index (κ1) is 8.78. The van der Waals surface area contributed by atoms with E-state index in [4.69, 9.17) is 5.26 Å². The Balaban J connectivity index is 2.52. The molecule has 2 heteroatoms. The van der Waals surface area contributed by atoms with Crippen LogP contribution in [0.2, 0.25) is 0 Å². The third-order valence-corrected chi connectivity index (χ3v) is 2.95. The lowest BCUT2D eigenvalue weighted by atomic mass is 9.81. The predicted molar refractivity (Wildman–Crippen MR) is 52.3 cm³/mol. The molecule has 0 aliphatic heterocycles.